The number of ether oxygens (including phenoxy) is 3. The lowest BCUT2D eigenvalue weighted by molar-refractivity contribution is -0.692. The summed E-state index contributed by atoms with van der Waals surface area (Å²) in [7, 11) is -4.27. The van der Waals surface area contributed by atoms with Gasteiger partial charge in [0.2, 0.25) is 5.51 Å². The van der Waals surface area contributed by atoms with Crippen molar-refractivity contribution in [2.45, 2.75) is 166 Å². The molecule has 10 heteroatoms. The highest BCUT2D eigenvalue weighted by atomic mass is 32.2. The standard InChI is InChI=1S/C33H60NO4S.C7H8O3S/c1-2-3-4-5-6-7-8-9-10-11-12-13-14-15-16-20-24-36-29-32-26-31(27-37-32)28-38-33(35)21-18-17-19-22-34-23-25-39-30-34;1-6-2-4-7(5-3-6)11(8,9)10/h23,25,30-32H,2-22,24,26-29H2,1H3;2-5H,1H3,(H,8,9,10)/q+1;/p-1. The number of unbranched alkanes of at least 4 members (excludes halogenated alkanes) is 17. The van der Waals surface area contributed by atoms with Crippen LogP contribution < -0.4 is 4.57 Å². The lowest BCUT2D eigenvalue weighted by atomic mass is 10.0. The van der Waals surface area contributed by atoms with Gasteiger partial charge in [0.1, 0.15) is 16.7 Å². The van der Waals surface area contributed by atoms with Crippen LogP contribution in [0.15, 0.2) is 46.2 Å². The SMILES string of the molecule is CCCCCCCCCCCCCCCCCCOCC1CC(COC(=O)CCCCC[n+]2ccsc2)CO1.Cc1ccc(S(=O)(=O)[O-])cc1. The van der Waals surface area contributed by atoms with Crippen molar-refractivity contribution in [3.8, 4) is 0 Å². The monoisotopic (exact) mass is 737 g/mol. The molecule has 0 amide bonds. The second kappa shape index (κ2) is 28.7. The lowest BCUT2D eigenvalue weighted by Gasteiger charge is -2.11. The highest BCUT2D eigenvalue weighted by Gasteiger charge is 2.26. The van der Waals surface area contributed by atoms with Crippen molar-refractivity contribution in [3.63, 3.8) is 0 Å². The van der Waals surface area contributed by atoms with Crippen LogP contribution in [0.25, 0.3) is 0 Å². The first kappa shape index (κ1) is 44.3. The molecule has 2 atom stereocenters. The van der Waals surface area contributed by atoms with E-state index in [0.29, 0.717) is 32.2 Å². The fourth-order valence-corrected chi connectivity index (χ4v) is 7.20. The maximum absolute atomic E-state index is 12.0. The molecular weight excluding hydrogens is 671 g/mol. The molecule has 0 aliphatic carbocycles. The molecule has 2 aromatic rings. The summed E-state index contributed by atoms with van der Waals surface area (Å²) in [6, 6.07) is 5.78. The Morgan fingerprint density at radius 1 is 0.840 bits per heavy atom. The van der Waals surface area contributed by atoms with Gasteiger partial charge >= 0.3 is 5.97 Å². The van der Waals surface area contributed by atoms with Gasteiger partial charge < -0.3 is 18.8 Å². The van der Waals surface area contributed by atoms with Gasteiger partial charge in [-0.1, -0.05) is 132 Å². The second-order valence-electron chi connectivity index (χ2n) is 14.0. The summed E-state index contributed by atoms with van der Waals surface area (Å²) in [5.41, 5.74) is 3.05. The summed E-state index contributed by atoms with van der Waals surface area (Å²) in [6.45, 7) is 7.81. The van der Waals surface area contributed by atoms with Crippen molar-refractivity contribution in [2.75, 3.05) is 26.4 Å². The van der Waals surface area contributed by atoms with Crippen LogP contribution in [0.3, 0.4) is 0 Å². The van der Waals surface area contributed by atoms with Crippen molar-refractivity contribution in [2.24, 2.45) is 5.92 Å². The molecule has 1 aromatic heterocycles. The predicted molar refractivity (Wildman–Crippen MR) is 201 cm³/mol. The van der Waals surface area contributed by atoms with E-state index < -0.39 is 10.1 Å². The predicted octanol–water partition coefficient (Wildman–Crippen LogP) is 9.72. The Bertz CT molecular complexity index is 1190. The second-order valence-corrected chi connectivity index (χ2v) is 16.1. The molecule has 0 radical (unpaired) electrons. The summed E-state index contributed by atoms with van der Waals surface area (Å²) < 4.78 is 50.6. The normalized spacial score (nSPS) is 15.9. The van der Waals surface area contributed by atoms with Crippen LogP contribution in [0.1, 0.15) is 147 Å². The fraction of sp³-hybridized carbons (Fsp3) is 0.750. The largest absolute Gasteiger partial charge is 0.744 e. The van der Waals surface area contributed by atoms with E-state index in [-0.39, 0.29) is 17.0 Å². The first-order valence-corrected chi connectivity index (χ1v) is 21.9. The van der Waals surface area contributed by atoms with Crippen LogP contribution in [0.4, 0.5) is 0 Å². The average molecular weight is 738 g/mol. The Labute approximate surface area is 308 Å². The van der Waals surface area contributed by atoms with Crippen LogP contribution in [0.2, 0.25) is 0 Å². The van der Waals surface area contributed by atoms with Crippen molar-refractivity contribution in [1.29, 1.82) is 0 Å². The molecule has 0 bridgehead atoms. The minimum atomic E-state index is -4.27. The van der Waals surface area contributed by atoms with Gasteiger partial charge in [-0.05, 0) is 44.7 Å². The molecule has 286 valence electrons. The van der Waals surface area contributed by atoms with Crippen LogP contribution in [0.5, 0.6) is 0 Å². The maximum atomic E-state index is 12.0. The Morgan fingerprint density at radius 2 is 1.42 bits per heavy atom. The third-order valence-electron chi connectivity index (χ3n) is 9.22. The van der Waals surface area contributed by atoms with Crippen molar-refractivity contribution < 1.29 is 36.5 Å². The third kappa shape index (κ3) is 23.6. The number of benzene rings is 1. The molecule has 2 unspecified atom stereocenters. The fourth-order valence-electron chi connectivity index (χ4n) is 6.10. The highest BCUT2D eigenvalue weighted by molar-refractivity contribution is 7.85. The van der Waals surface area contributed by atoms with E-state index in [0.717, 1.165) is 50.8 Å². The zero-order valence-electron chi connectivity index (χ0n) is 31.2. The molecular formula is C40H67NO7S2. The van der Waals surface area contributed by atoms with Gasteiger partial charge in [0.05, 0.1) is 36.2 Å². The number of aromatic nitrogens is 1. The van der Waals surface area contributed by atoms with Crippen LogP contribution in [0, 0.1) is 12.8 Å². The van der Waals surface area contributed by atoms with E-state index >= 15 is 0 Å². The molecule has 8 nitrogen and oxygen atoms in total. The van der Waals surface area contributed by atoms with Crippen LogP contribution in [-0.4, -0.2) is 51.5 Å². The van der Waals surface area contributed by atoms with Gasteiger partial charge in [0.15, 0.2) is 6.20 Å². The maximum Gasteiger partial charge on any atom is 0.305 e. The Kier molecular flexibility index (Phi) is 25.4. The summed E-state index contributed by atoms with van der Waals surface area (Å²) in [4.78, 5) is 11.9. The van der Waals surface area contributed by atoms with Gasteiger partial charge in [0.25, 0.3) is 0 Å². The minimum Gasteiger partial charge on any atom is -0.744 e. The van der Waals surface area contributed by atoms with E-state index in [1.54, 1.807) is 23.5 Å². The smallest absolute Gasteiger partial charge is 0.305 e. The highest BCUT2D eigenvalue weighted by Crippen LogP contribution is 2.21. The summed E-state index contributed by atoms with van der Waals surface area (Å²) >= 11 is 1.71. The zero-order valence-corrected chi connectivity index (χ0v) is 32.8. The summed E-state index contributed by atoms with van der Waals surface area (Å²) in [6.07, 6.45) is 29.0. The van der Waals surface area contributed by atoms with E-state index in [4.69, 9.17) is 14.2 Å². The van der Waals surface area contributed by atoms with Gasteiger partial charge in [-0.3, -0.25) is 4.79 Å². The van der Waals surface area contributed by atoms with E-state index in [2.05, 4.69) is 28.6 Å². The number of rotatable bonds is 28. The number of carbonyl (C=O) groups is 1. The van der Waals surface area contributed by atoms with Gasteiger partial charge in [-0.15, -0.1) is 0 Å². The number of nitrogens with zero attached hydrogens (tertiary/aromatic N) is 1. The topological polar surface area (TPSA) is 106 Å². The number of thiazole rings is 1. The molecule has 0 N–H and O–H groups in total. The molecule has 0 spiro atoms. The van der Waals surface area contributed by atoms with Gasteiger partial charge in [0, 0.05) is 25.4 Å². The van der Waals surface area contributed by atoms with E-state index in [9.17, 15) is 17.8 Å². The Balaban J connectivity index is 0.000000666. The molecule has 1 aliphatic rings. The number of aryl methyl sites for hydroxylation is 2. The van der Waals surface area contributed by atoms with Gasteiger partial charge in [-0.25, -0.2) is 8.42 Å². The van der Waals surface area contributed by atoms with Crippen molar-refractivity contribution in [3.05, 3.63) is 46.9 Å². The van der Waals surface area contributed by atoms with E-state index in [1.165, 1.54) is 108 Å². The summed E-state index contributed by atoms with van der Waals surface area (Å²) in [5, 5.41) is 2.09. The minimum absolute atomic E-state index is 0.0682. The molecule has 3 rings (SSSR count). The molecule has 0 saturated carbocycles. The van der Waals surface area contributed by atoms with Gasteiger partial charge in [-0.2, -0.15) is 4.57 Å². The zero-order chi connectivity index (χ0) is 36.1. The van der Waals surface area contributed by atoms with Crippen molar-refractivity contribution in [1.82, 2.24) is 0 Å². The molecule has 1 aliphatic heterocycles. The number of hydrogen-bond acceptors (Lipinski definition) is 8. The molecule has 50 heavy (non-hydrogen) atoms. The summed E-state index contributed by atoms with van der Waals surface area (Å²) in [5.74, 6) is 0.245. The van der Waals surface area contributed by atoms with Crippen LogP contribution in [-0.2, 0) is 35.7 Å². The number of carbonyl (C=O) groups excluding carboxylic acids is 1. The average Bonchev–Trinajstić information content (AvgIpc) is 3.79. The Morgan fingerprint density at radius 3 is 1.98 bits per heavy atom. The number of hydrogen-bond donors (Lipinski definition) is 0. The lowest BCUT2D eigenvalue weighted by Crippen LogP contribution is -2.29. The first-order valence-electron chi connectivity index (χ1n) is 19.6. The molecule has 2 heterocycles. The Hall–Kier alpha value is -1.85. The van der Waals surface area contributed by atoms with Crippen LogP contribution >= 0.6 is 11.3 Å². The quantitative estimate of drug-likeness (QED) is 0.0371. The molecule has 1 saturated heterocycles. The number of esters is 1. The van der Waals surface area contributed by atoms with Crippen molar-refractivity contribution >= 4 is 27.4 Å². The first-order chi connectivity index (χ1) is 24.3. The molecule has 1 fully saturated rings. The third-order valence-corrected chi connectivity index (χ3v) is 10.7. The molecule has 1 aromatic carbocycles. The van der Waals surface area contributed by atoms with E-state index in [1.807, 2.05) is 6.92 Å².